The minimum atomic E-state index is -0.231. The Labute approximate surface area is 174 Å². The number of nitrogens with zero attached hydrogens (tertiary/aromatic N) is 4. The number of anilines is 2. The van der Waals surface area contributed by atoms with Crippen LogP contribution >= 0.6 is 0 Å². The van der Waals surface area contributed by atoms with Gasteiger partial charge in [-0.3, -0.25) is 4.79 Å². The van der Waals surface area contributed by atoms with Crippen molar-refractivity contribution in [3.8, 4) is 22.9 Å². The van der Waals surface area contributed by atoms with Crippen molar-refractivity contribution in [1.82, 2.24) is 20.2 Å². The zero-order valence-electron chi connectivity index (χ0n) is 17.5. The highest BCUT2D eigenvalue weighted by Crippen LogP contribution is 2.39. The average Bonchev–Trinajstić information content (AvgIpc) is 3.17. The molecule has 0 fully saturated rings. The Bertz CT molecular complexity index is 1020. The number of carbonyl (C=O) groups excluding carboxylic acids is 1. The van der Waals surface area contributed by atoms with Crippen molar-refractivity contribution in [2.45, 2.75) is 13.8 Å². The van der Waals surface area contributed by atoms with E-state index in [1.54, 1.807) is 16.8 Å². The predicted octanol–water partition coefficient (Wildman–Crippen LogP) is 2.36. The molecule has 0 bridgehead atoms. The fourth-order valence-electron chi connectivity index (χ4n) is 2.94. The predicted molar refractivity (Wildman–Crippen MR) is 112 cm³/mol. The molecule has 0 saturated carbocycles. The average molecular weight is 412 g/mol. The minimum absolute atomic E-state index is 0.0632. The number of methoxy groups -OCH3 is 3. The molecule has 2 N–H and O–H groups in total. The second-order valence-corrected chi connectivity index (χ2v) is 6.45. The van der Waals surface area contributed by atoms with Gasteiger partial charge in [0, 0.05) is 23.5 Å². The number of carbonyl (C=O) groups is 1. The van der Waals surface area contributed by atoms with Crippen LogP contribution in [0.2, 0.25) is 0 Å². The summed E-state index contributed by atoms with van der Waals surface area (Å²) in [5, 5.41) is 17.5. The number of hydrogen-bond acceptors (Lipinski definition) is 8. The van der Waals surface area contributed by atoms with Gasteiger partial charge in [-0.15, -0.1) is 5.10 Å². The molecule has 3 rings (SSSR count). The number of tetrazole rings is 1. The third-order valence-electron chi connectivity index (χ3n) is 4.46. The number of rotatable bonds is 8. The van der Waals surface area contributed by atoms with Gasteiger partial charge >= 0.3 is 0 Å². The molecule has 0 aliphatic rings. The van der Waals surface area contributed by atoms with Crippen molar-refractivity contribution in [3.63, 3.8) is 0 Å². The van der Waals surface area contributed by atoms with E-state index in [0.717, 1.165) is 16.9 Å². The fourth-order valence-corrected chi connectivity index (χ4v) is 2.94. The lowest BCUT2D eigenvalue weighted by Crippen LogP contribution is -2.22. The second-order valence-electron chi connectivity index (χ2n) is 6.45. The molecule has 0 atom stereocenters. The summed E-state index contributed by atoms with van der Waals surface area (Å²) >= 11 is 0. The van der Waals surface area contributed by atoms with E-state index in [9.17, 15) is 4.79 Å². The lowest BCUT2D eigenvalue weighted by Gasteiger charge is -2.15. The van der Waals surface area contributed by atoms with Crippen molar-refractivity contribution >= 4 is 17.3 Å². The number of hydrogen-bond donors (Lipinski definition) is 2. The van der Waals surface area contributed by atoms with Gasteiger partial charge < -0.3 is 24.8 Å². The van der Waals surface area contributed by atoms with Gasteiger partial charge in [-0.2, -0.15) is 4.68 Å². The van der Waals surface area contributed by atoms with Crippen LogP contribution in [-0.4, -0.2) is 54.0 Å². The Kier molecular flexibility index (Phi) is 6.35. The van der Waals surface area contributed by atoms with Crippen molar-refractivity contribution < 1.29 is 19.0 Å². The summed E-state index contributed by atoms with van der Waals surface area (Å²) in [4.78, 5) is 12.5. The Balaban J connectivity index is 1.70. The number of nitrogens with one attached hydrogen (secondary N) is 2. The van der Waals surface area contributed by atoms with Gasteiger partial charge in [0.2, 0.25) is 11.7 Å². The van der Waals surface area contributed by atoms with Crippen LogP contribution in [0.4, 0.5) is 11.4 Å². The zero-order valence-corrected chi connectivity index (χ0v) is 17.5. The first-order chi connectivity index (χ1) is 14.5. The van der Waals surface area contributed by atoms with E-state index in [1.807, 2.05) is 32.0 Å². The van der Waals surface area contributed by atoms with E-state index in [4.69, 9.17) is 14.2 Å². The van der Waals surface area contributed by atoms with Crippen LogP contribution in [0.25, 0.3) is 5.69 Å². The van der Waals surface area contributed by atoms with Crippen LogP contribution in [0.5, 0.6) is 17.2 Å². The van der Waals surface area contributed by atoms with E-state index in [1.165, 1.54) is 21.3 Å². The summed E-state index contributed by atoms with van der Waals surface area (Å²) in [6.07, 6.45) is 0. The molecule has 30 heavy (non-hydrogen) atoms. The number of ether oxygens (including phenoxy) is 3. The highest BCUT2D eigenvalue weighted by atomic mass is 16.5. The molecular weight excluding hydrogens is 388 g/mol. The van der Waals surface area contributed by atoms with Crippen LogP contribution in [-0.2, 0) is 4.79 Å². The number of benzene rings is 2. The van der Waals surface area contributed by atoms with Gasteiger partial charge in [0.15, 0.2) is 17.3 Å². The van der Waals surface area contributed by atoms with Crippen LogP contribution in [0.1, 0.15) is 11.4 Å². The first kappa shape index (κ1) is 20.9. The zero-order chi connectivity index (χ0) is 21.7. The second kappa shape index (κ2) is 9.12. The quantitative estimate of drug-likeness (QED) is 0.580. The molecule has 0 radical (unpaired) electrons. The van der Waals surface area contributed by atoms with E-state index in [2.05, 4.69) is 26.2 Å². The van der Waals surface area contributed by atoms with Crippen LogP contribution < -0.4 is 24.8 Å². The Morgan fingerprint density at radius 3 is 2.27 bits per heavy atom. The summed E-state index contributed by atoms with van der Waals surface area (Å²) in [5.74, 6) is 1.82. The lowest BCUT2D eigenvalue weighted by atomic mass is 10.2. The normalized spacial score (nSPS) is 10.4. The maximum atomic E-state index is 12.5. The number of aryl methyl sites for hydroxylation is 2. The maximum absolute atomic E-state index is 12.5. The van der Waals surface area contributed by atoms with Crippen LogP contribution in [0, 0.1) is 13.8 Å². The van der Waals surface area contributed by atoms with Gasteiger partial charge in [-0.25, -0.2) is 0 Å². The molecule has 1 heterocycles. The molecule has 10 nitrogen and oxygen atoms in total. The van der Waals surface area contributed by atoms with Gasteiger partial charge in [-0.05, 0) is 42.0 Å². The van der Waals surface area contributed by atoms with Crippen LogP contribution in [0.3, 0.4) is 0 Å². The number of aromatic nitrogens is 4. The Hall–Kier alpha value is -3.82. The van der Waals surface area contributed by atoms with Gasteiger partial charge in [-0.1, -0.05) is 6.07 Å². The standard InChI is InChI=1S/C20H24N6O4/c1-12-6-7-14(8-16(12)26-13(2)23-24-25-26)21-11-19(27)22-15-9-17(28-3)20(30-5)18(10-15)29-4/h6-10,21H,11H2,1-5H3,(H,22,27). The summed E-state index contributed by atoms with van der Waals surface area (Å²) in [5.41, 5.74) is 3.15. The highest BCUT2D eigenvalue weighted by Gasteiger charge is 2.15. The largest absolute Gasteiger partial charge is 0.493 e. The van der Waals surface area contributed by atoms with Gasteiger partial charge in [0.1, 0.15) is 0 Å². The van der Waals surface area contributed by atoms with Crippen LogP contribution in [0.15, 0.2) is 30.3 Å². The third-order valence-corrected chi connectivity index (χ3v) is 4.46. The molecule has 1 amide bonds. The third kappa shape index (κ3) is 4.43. The van der Waals surface area contributed by atoms with Crippen molar-refractivity contribution in [2.75, 3.05) is 38.5 Å². The van der Waals surface area contributed by atoms with Crippen molar-refractivity contribution in [1.29, 1.82) is 0 Å². The molecule has 158 valence electrons. The molecule has 3 aromatic rings. The van der Waals surface area contributed by atoms with E-state index in [-0.39, 0.29) is 12.5 Å². The van der Waals surface area contributed by atoms with Gasteiger partial charge in [0.05, 0.1) is 33.6 Å². The van der Waals surface area contributed by atoms with E-state index >= 15 is 0 Å². The first-order valence-corrected chi connectivity index (χ1v) is 9.16. The number of amides is 1. The molecule has 2 aromatic carbocycles. The van der Waals surface area contributed by atoms with Gasteiger partial charge in [0.25, 0.3) is 0 Å². The highest BCUT2D eigenvalue weighted by molar-refractivity contribution is 5.94. The molecule has 0 aliphatic carbocycles. The van der Waals surface area contributed by atoms with Crippen molar-refractivity contribution in [2.24, 2.45) is 0 Å². The molecule has 1 aromatic heterocycles. The topological polar surface area (TPSA) is 112 Å². The lowest BCUT2D eigenvalue weighted by molar-refractivity contribution is -0.114. The van der Waals surface area contributed by atoms with E-state index in [0.29, 0.717) is 28.8 Å². The van der Waals surface area contributed by atoms with Crippen molar-refractivity contribution in [3.05, 3.63) is 41.7 Å². The van der Waals surface area contributed by atoms with E-state index < -0.39 is 0 Å². The Morgan fingerprint density at radius 1 is 1.00 bits per heavy atom. The summed E-state index contributed by atoms with van der Waals surface area (Å²) in [6, 6.07) is 9.07. The monoisotopic (exact) mass is 412 g/mol. The molecule has 10 heteroatoms. The summed E-state index contributed by atoms with van der Waals surface area (Å²) in [7, 11) is 4.56. The SMILES string of the molecule is COc1cc(NC(=O)CNc2ccc(C)c(-n3nnnc3C)c2)cc(OC)c1OC. The fraction of sp³-hybridized carbons (Fsp3) is 0.300. The Morgan fingerprint density at radius 2 is 1.70 bits per heavy atom. The maximum Gasteiger partial charge on any atom is 0.243 e. The first-order valence-electron chi connectivity index (χ1n) is 9.16. The molecular formula is C20H24N6O4. The summed E-state index contributed by atoms with van der Waals surface area (Å²) < 4.78 is 17.6. The smallest absolute Gasteiger partial charge is 0.243 e. The molecule has 0 aliphatic heterocycles. The minimum Gasteiger partial charge on any atom is -0.493 e. The molecule has 0 unspecified atom stereocenters. The molecule has 0 spiro atoms. The molecule has 0 saturated heterocycles. The summed E-state index contributed by atoms with van der Waals surface area (Å²) in [6.45, 7) is 3.86.